The second-order valence-electron chi connectivity index (χ2n) is 8.92. The van der Waals surface area contributed by atoms with E-state index in [4.69, 9.17) is 5.21 Å². The van der Waals surface area contributed by atoms with E-state index in [0.29, 0.717) is 5.56 Å². The fraction of sp³-hybridized carbons (Fsp3) is 0.440. The van der Waals surface area contributed by atoms with E-state index in [0.717, 1.165) is 56.1 Å². The molecule has 34 heavy (non-hydrogen) atoms. The maximum atomic E-state index is 12.9. The lowest BCUT2D eigenvalue weighted by Gasteiger charge is -2.26. The van der Waals surface area contributed by atoms with E-state index in [9.17, 15) is 9.59 Å². The van der Waals surface area contributed by atoms with Crippen molar-refractivity contribution in [3.63, 3.8) is 0 Å². The standard InChI is InChI=1S/C25H34N6O3/c1-4-18(2)31-25(33)30(19(3)26-31)23-12-10-22(11-13-23)29-15-5-14-28(16-17-29)21-8-6-20(7-9-21)24(32)27-34/h6-13,18-19,26,34H,4-5,14-17H2,1-3H3,(H,27,32). The van der Waals surface area contributed by atoms with E-state index in [1.807, 2.05) is 38.1 Å². The zero-order chi connectivity index (χ0) is 24.2. The molecule has 182 valence electrons. The fourth-order valence-electron chi connectivity index (χ4n) is 4.57. The molecule has 4 rings (SSSR count). The molecule has 0 aliphatic carbocycles. The average Bonchev–Trinajstić information content (AvgIpc) is 3.03. The molecule has 2 fully saturated rings. The van der Waals surface area contributed by atoms with Crippen molar-refractivity contribution in [2.75, 3.05) is 40.9 Å². The summed E-state index contributed by atoms with van der Waals surface area (Å²) in [7, 11) is 0. The van der Waals surface area contributed by atoms with Crippen molar-refractivity contribution in [3.05, 3.63) is 54.1 Å². The number of rotatable bonds is 6. The topological polar surface area (TPSA) is 91.4 Å². The smallest absolute Gasteiger partial charge is 0.340 e. The van der Waals surface area contributed by atoms with E-state index < -0.39 is 5.91 Å². The molecule has 0 spiro atoms. The van der Waals surface area contributed by atoms with Crippen LogP contribution >= 0.6 is 0 Å². The van der Waals surface area contributed by atoms with Crippen molar-refractivity contribution in [2.24, 2.45) is 0 Å². The Morgan fingerprint density at radius 1 is 1.00 bits per heavy atom. The molecule has 2 aliphatic heterocycles. The Balaban J connectivity index is 1.40. The van der Waals surface area contributed by atoms with Crippen molar-refractivity contribution in [1.29, 1.82) is 0 Å². The minimum Gasteiger partial charge on any atom is -0.370 e. The molecule has 3 N–H and O–H groups in total. The van der Waals surface area contributed by atoms with Gasteiger partial charge in [-0.25, -0.2) is 15.7 Å². The SMILES string of the molecule is CCC(C)N1NC(C)N(c2ccc(N3CCCN(c4ccc(C(=O)NO)cc4)CC3)cc2)C1=O. The highest BCUT2D eigenvalue weighted by Gasteiger charge is 2.37. The van der Waals surface area contributed by atoms with Crippen LogP contribution in [0.5, 0.6) is 0 Å². The molecule has 9 nitrogen and oxygen atoms in total. The van der Waals surface area contributed by atoms with Crippen LogP contribution in [-0.4, -0.2) is 60.5 Å². The lowest BCUT2D eigenvalue weighted by Crippen LogP contribution is -2.42. The Labute approximate surface area is 200 Å². The van der Waals surface area contributed by atoms with Gasteiger partial charge < -0.3 is 9.80 Å². The van der Waals surface area contributed by atoms with Gasteiger partial charge in [0.05, 0.1) is 0 Å². The summed E-state index contributed by atoms with van der Waals surface area (Å²) in [6.07, 6.45) is 1.82. The van der Waals surface area contributed by atoms with Crippen molar-refractivity contribution in [3.8, 4) is 0 Å². The van der Waals surface area contributed by atoms with Gasteiger partial charge in [-0.2, -0.15) is 0 Å². The predicted molar refractivity (Wildman–Crippen MR) is 133 cm³/mol. The molecule has 0 saturated carbocycles. The molecule has 2 saturated heterocycles. The van der Waals surface area contributed by atoms with Gasteiger partial charge in [0.25, 0.3) is 5.91 Å². The molecule has 9 heteroatoms. The summed E-state index contributed by atoms with van der Waals surface area (Å²) in [4.78, 5) is 31.0. The first kappa shape index (κ1) is 23.8. The van der Waals surface area contributed by atoms with E-state index >= 15 is 0 Å². The second kappa shape index (κ2) is 10.3. The number of urea groups is 1. The number of hydroxylamine groups is 1. The van der Waals surface area contributed by atoms with Crippen molar-refractivity contribution >= 4 is 29.0 Å². The number of carbonyl (C=O) groups is 2. The summed E-state index contributed by atoms with van der Waals surface area (Å²) >= 11 is 0. The summed E-state index contributed by atoms with van der Waals surface area (Å²) in [5.74, 6) is -0.509. The Hall–Kier alpha value is -3.30. The minimum atomic E-state index is -0.509. The molecule has 2 unspecified atom stereocenters. The van der Waals surface area contributed by atoms with Crippen molar-refractivity contribution in [2.45, 2.75) is 45.8 Å². The zero-order valence-electron chi connectivity index (χ0n) is 20.1. The number of carbonyl (C=O) groups excluding carboxylic acids is 2. The first-order valence-corrected chi connectivity index (χ1v) is 12.0. The summed E-state index contributed by atoms with van der Waals surface area (Å²) < 4.78 is 0. The molecule has 2 heterocycles. The quantitative estimate of drug-likeness (QED) is 0.446. The maximum absolute atomic E-state index is 12.9. The first-order chi connectivity index (χ1) is 16.4. The zero-order valence-corrected chi connectivity index (χ0v) is 20.1. The molecule has 0 aromatic heterocycles. The number of anilines is 3. The number of nitrogens with one attached hydrogen (secondary N) is 2. The third kappa shape index (κ3) is 4.80. The van der Waals surface area contributed by atoms with E-state index in [2.05, 4.69) is 34.3 Å². The van der Waals surface area contributed by atoms with Crippen LogP contribution in [0.2, 0.25) is 0 Å². The first-order valence-electron chi connectivity index (χ1n) is 12.0. The van der Waals surface area contributed by atoms with E-state index in [1.165, 1.54) is 0 Å². The maximum Gasteiger partial charge on any atom is 0.340 e. The number of hydrazine groups is 1. The normalized spacial score (nSPS) is 19.9. The molecule has 2 atom stereocenters. The van der Waals surface area contributed by atoms with Crippen LogP contribution in [0.1, 0.15) is 44.0 Å². The summed E-state index contributed by atoms with van der Waals surface area (Å²) in [6.45, 7) is 9.74. The van der Waals surface area contributed by atoms with Crippen LogP contribution in [0.25, 0.3) is 0 Å². The van der Waals surface area contributed by atoms with Crippen LogP contribution < -0.4 is 25.6 Å². The fourth-order valence-corrected chi connectivity index (χ4v) is 4.57. The lowest BCUT2D eigenvalue weighted by atomic mass is 10.2. The second-order valence-corrected chi connectivity index (χ2v) is 8.92. The Morgan fingerprint density at radius 2 is 1.53 bits per heavy atom. The minimum absolute atomic E-state index is 0.0116. The van der Waals surface area contributed by atoms with E-state index in [-0.39, 0.29) is 18.2 Å². The van der Waals surface area contributed by atoms with Crippen LogP contribution in [0.15, 0.2) is 48.5 Å². The largest absolute Gasteiger partial charge is 0.370 e. The van der Waals surface area contributed by atoms with Gasteiger partial charge in [-0.05, 0) is 75.2 Å². The number of nitrogens with zero attached hydrogens (tertiary/aromatic N) is 4. The number of amides is 3. The summed E-state index contributed by atoms with van der Waals surface area (Å²) in [5, 5.41) is 10.5. The van der Waals surface area contributed by atoms with Crippen LogP contribution in [0.3, 0.4) is 0 Å². The highest BCUT2D eigenvalue weighted by molar-refractivity contribution is 5.94. The highest BCUT2D eigenvalue weighted by atomic mass is 16.5. The van der Waals surface area contributed by atoms with Crippen LogP contribution in [0.4, 0.5) is 21.9 Å². The van der Waals surface area contributed by atoms with Gasteiger partial charge in [0.1, 0.15) is 6.17 Å². The van der Waals surface area contributed by atoms with Gasteiger partial charge in [0.2, 0.25) is 0 Å². The van der Waals surface area contributed by atoms with Crippen LogP contribution in [0, 0.1) is 0 Å². The number of benzene rings is 2. The Bertz CT molecular complexity index is 997. The van der Waals surface area contributed by atoms with Gasteiger partial charge in [-0.15, -0.1) is 0 Å². The highest BCUT2D eigenvalue weighted by Crippen LogP contribution is 2.27. The summed E-state index contributed by atoms with van der Waals surface area (Å²) in [6, 6.07) is 15.7. The van der Waals surface area contributed by atoms with E-state index in [1.54, 1.807) is 27.5 Å². The molecule has 2 aromatic carbocycles. The third-order valence-corrected chi connectivity index (χ3v) is 6.74. The Kier molecular flexibility index (Phi) is 7.23. The molecule has 3 amide bonds. The molecule has 0 radical (unpaired) electrons. The molecular formula is C25H34N6O3. The number of hydrogen-bond donors (Lipinski definition) is 3. The Morgan fingerprint density at radius 3 is 2.06 bits per heavy atom. The average molecular weight is 467 g/mol. The molecule has 2 aromatic rings. The van der Waals surface area contributed by atoms with Gasteiger partial charge in [0.15, 0.2) is 0 Å². The molecular weight excluding hydrogens is 432 g/mol. The molecule has 0 bridgehead atoms. The van der Waals surface area contributed by atoms with Gasteiger partial charge in [-0.3, -0.25) is 19.9 Å². The van der Waals surface area contributed by atoms with Gasteiger partial charge in [-0.1, -0.05) is 6.92 Å². The van der Waals surface area contributed by atoms with Gasteiger partial charge in [0, 0.05) is 54.8 Å². The number of hydrogen-bond acceptors (Lipinski definition) is 6. The van der Waals surface area contributed by atoms with Gasteiger partial charge >= 0.3 is 6.03 Å². The monoisotopic (exact) mass is 466 g/mol. The lowest BCUT2D eigenvalue weighted by molar-refractivity contribution is 0.0706. The summed E-state index contributed by atoms with van der Waals surface area (Å²) in [5.41, 5.74) is 8.47. The van der Waals surface area contributed by atoms with Crippen molar-refractivity contribution in [1.82, 2.24) is 15.9 Å². The van der Waals surface area contributed by atoms with Crippen LogP contribution in [-0.2, 0) is 0 Å². The molecule has 2 aliphatic rings. The predicted octanol–water partition coefficient (Wildman–Crippen LogP) is 3.41. The van der Waals surface area contributed by atoms with Crippen molar-refractivity contribution < 1.29 is 14.8 Å². The third-order valence-electron chi connectivity index (χ3n) is 6.74.